The van der Waals surface area contributed by atoms with Gasteiger partial charge < -0.3 is 15.3 Å². The van der Waals surface area contributed by atoms with Crippen LogP contribution in [-0.4, -0.2) is 34.1 Å². The van der Waals surface area contributed by atoms with E-state index in [1.165, 1.54) is 12.1 Å². The molecule has 0 saturated carbocycles. The van der Waals surface area contributed by atoms with Crippen molar-refractivity contribution in [3.63, 3.8) is 0 Å². The van der Waals surface area contributed by atoms with Gasteiger partial charge in [0.15, 0.2) is 0 Å². The van der Waals surface area contributed by atoms with Crippen molar-refractivity contribution in [1.29, 1.82) is 0 Å². The molecule has 1 aliphatic heterocycles. The van der Waals surface area contributed by atoms with Gasteiger partial charge in [-0.1, -0.05) is 0 Å². The molecule has 1 aromatic heterocycles. The predicted molar refractivity (Wildman–Crippen MR) is 79.4 cm³/mol. The number of benzene rings is 1. The molecule has 0 spiro atoms. The molecule has 2 N–H and O–H groups in total. The minimum absolute atomic E-state index is 0.234. The van der Waals surface area contributed by atoms with Gasteiger partial charge in [-0.15, -0.1) is 0 Å². The van der Waals surface area contributed by atoms with Gasteiger partial charge in [0.25, 0.3) is 0 Å². The van der Waals surface area contributed by atoms with Gasteiger partial charge in [0.1, 0.15) is 5.82 Å². The highest BCUT2D eigenvalue weighted by molar-refractivity contribution is 5.64. The van der Waals surface area contributed by atoms with Crippen molar-refractivity contribution in [2.45, 2.75) is 19.0 Å². The predicted octanol–water partition coefficient (Wildman–Crippen LogP) is 2.24. The molecular formula is C15H17FN4O2. The molecule has 3 rings (SSSR count). The maximum absolute atomic E-state index is 13.0. The summed E-state index contributed by atoms with van der Waals surface area (Å²) in [6.45, 7) is 1.95. The van der Waals surface area contributed by atoms with Crippen LogP contribution in [-0.2, 0) is 6.54 Å². The Balaban J connectivity index is 1.62. The number of amides is 1. The standard InChI is InChI=1S/C15H17FN4O2/c16-12-1-3-13(4-2-12)19-6-5-14(10-19)20-9-11(8-18-20)7-17-15(21)22/h1-4,8-9,14,17H,5-7,10H2,(H,21,22)/t14-/m0/s1. The van der Waals surface area contributed by atoms with Crippen molar-refractivity contribution in [3.8, 4) is 0 Å². The smallest absolute Gasteiger partial charge is 0.404 e. The summed E-state index contributed by atoms with van der Waals surface area (Å²) in [7, 11) is 0. The number of halogens is 1. The summed E-state index contributed by atoms with van der Waals surface area (Å²) in [6.07, 6.45) is 3.45. The van der Waals surface area contributed by atoms with Crippen molar-refractivity contribution >= 4 is 11.8 Å². The molecule has 0 bridgehead atoms. The summed E-state index contributed by atoms with van der Waals surface area (Å²) in [4.78, 5) is 12.7. The summed E-state index contributed by atoms with van der Waals surface area (Å²) in [5.41, 5.74) is 1.84. The minimum atomic E-state index is -1.05. The van der Waals surface area contributed by atoms with E-state index in [1.54, 1.807) is 18.3 Å². The second kappa shape index (κ2) is 6.05. The molecule has 6 nitrogen and oxygen atoms in total. The molecule has 2 heterocycles. The van der Waals surface area contributed by atoms with Gasteiger partial charge in [0, 0.05) is 37.1 Å². The number of hydrogen-bond donors (Lipinski definition) is 2. The van der Waals surface area contributed by atoms with E-state index in [-0.39, 0.29) is 18.4 Å². The van der Waals surface area contributed by atoms with Gasteiger partial charge in [-0.25, -0.2) is 9.18 Å². The highest BCUT2D eigenvalue weighted by Gasteiger charge is 2.24. The van der Waals surface area contributed by atoms with Gasteiger partial charge in [-0.3, -0.25) is 4.68 Å². The third-order valence-electron chi connectivity index (χ3n) is 3.83. The van der Waals surface area contributed by atoms with Gasteiger partial charge in [-0.2, -0.15) is 5.10 Å². The lowest BCUT2D eigenvalue weighted by Gasteiger charge is -2.18. The van der Waals surface area contributed by atoms with Gasteiger partial charge in [0.2, 0.25) is 0 Å². The Kier molecular flexibility index (Phi) is 3.95. The number of rotatable bonds is 4. The number of nitrogens with one attached hydrogen (secondary N) is 1. The van der Waals surface area contributed by atoms with E-state index in [4.69, 9.17) is 5.11 Å². The molecule has 1 aromatic carbocycles. The SMILES string of the molecule is O=C(O)NCc1cnn([C@H]2CCN(c3ccc(F)cc3)C2)c1. The number of hydrogen-bond acceptors (Lipinski definition) is 3. The lowest BCUT2D eigenvalue weighted by Crippen LogP contribution is -2.21. The van der Waals surface area contributed by atoms with Crippen molar-refractivity contribution in [2.24, 2.45) is 0 Å². The third kappa shape index (κ3) is 3.19. The average Bonchev–Trinajstić information content (AvgIpc) is 3.15. The van der Waals surface area contributed by atoms with E-state index in [1.807, 2.05) is 10.9 Å². The van der Waals surface area contributed by atoms with E-state index < -0.39 is 6.09 Å². The Morgan fingerprint density at radius 3 is 2.91 bits per heavy atom. The maximum Gasteiger partial charge on any atom is 0.404 e. The molecule has 1 aliphatic rings. The quantitative estimate of drug-likeness (QED) is 0.909. The molecule has 0 aliphatic carbocycles. The van der Waals surface area contributed by atoms with Crippen molar-refractivity contribution in [2.75, 3.05) is 18.0 Å². The van der Waals surface area contributed by atoms with Crippen LogP contribution in [0.25, 0.3) is 0 Å². The molecule has 1 amide bonds. The van der Waals surface area contributed by atoms with Crippen LogP contribution in [0.5, 0.6) is 0 Å². The van der Waals surface area contributed by atoms with E-state index in [9.17, 15) is 9.18 Å². The fourth-order valence-electron chi connectivity index (χ4n) is 2.69. The molecular weight excluding hydrogens is 287 g/mol. The van der Waals surface area contributed by atoms with Crippen LogP contribution < -0.4 is 10.2 Å². The Morgan fingerprint density at radius 1 is 1.41 bits per heavy atom. The molecule has 2 aromatic rings. The highest BCUT2D eigenvalue weighted by Crippen LogP contribution is 2.26. The van der Waals surface area contributed by atoms with Crippen LogP contribution in [0, 0.1) is 5.82 Å². The largest absolute Gasteiger partial charge is 0.465 e. The average molecular weight is 304 g/mol. The molecule has 1 atom stereocenters. The van der Waals surface area contributed by atoms with Crippen molar-refractivity contribution in [3.05, 3.63) is 48.0 Å². The van der Waals surface area contributed by atoms with Gasteiger partial charge in [0.05, 0.1) is 12.2 Å². The summed E-state index contributed by atoms with van der Waals surface area (Å²) in [6, 6.07) is 6.73. The number of nitrogens with zero attached hydrogens (tertiary/aromatic N) is 3. The van der Waals surface area contributed by atoms with Crippen LogP contribution in [0.2, 0.25) is 0 Å². The Labute approximate surface area is 127 Å². The fourth-order valence-corrected chi connectivity index (χ4v) is 2.69. The monoisotopic (exact) mass is 304 g/mol. The van der Waals surface area contributed by atoms with Crippen molar-refractivity contribution < 1.29 is 14.3 Å². The van der Waals surface area contributed by atoms with Crippen LogP contribution in [0.4, 0.5) is 14.9 Å². The molecule has 0 unspecified atom stereocenters. The van der Waals surface area contributed by atoms with E-state index >= 15 is 0 Å². The zero-order valence-electron chi connectivity index (χ0n) is 11.9. The number of anilines is 1. The van der Waals surface area contributed by atoms with Crippen LogP contribution >= 0.6 is 0 Å². The first-order chi connectivity index (χ1) is 10.6. The fraction of sp³-hybridized carbons (Fsp3) is 0.333. The number of aromatic nitrogens is 2. The topological polar surface area (TPSA) is 70.4 Å². The highest BCUT2D eigenvalue weighted by atomic mass is 19.1. The molecule has 1 fully saturated rings. The molecule has 22 heavy (non-hydrogen) atoms. The van der Waals surface area contributed by atoms with E-state index in [2.05, 4.69) is 15.3 Å². The number of carbonyl (C=O) groups is 1. The zero-order valence-corrected chi connectivity index (χ0v) is 11.9. The lowest BCUT2D eigenvalue weighted by molar-refractivity contribution is 0.194. The van der Waals surface area contributed by atoms with Crippen molar-refractivity contribution in [1.82, 2.24) is 15.1 Å². The van der Waals surface area contributed by atoms with Crippen LogP contribution in [0.1, 0.15) is 18.0 Å². The lowest BCUT2D eigenvalue weighted by atomic mass is 10.2. The second-order valence-electron chi connectivity index (χ2n) is 5.35. The second-order valence-corrected chi connectivity index (χ2v) is 5.35. The Morgan fingerprint density at radius 2 is 2.18 bits per heavy atom. The first-order valence-corrected chi connectivity index (χ1v) is 7.12. The summed E-state index contributed by atoms with van der Waals surface area (Å²) >= 11 is 0. The molecule has 1 saturated heterocycles. The van der Waals surface area contributed by atoms with E-state index in [0.717, 1.165) is 30.8 Å². The Bertz CT molecular complexity index is 656. The van der Waals surface area contributed by atoms with Crippen LogP contribution in [0.15, 0.2) is 36.7 Å². The summed E-state index contributed by atoms with van der Waals surface area (Å²) in [5.74, 6) is -0.234. The normalized spacial score (nSPS) is 17.7. The molecule has 116 valence electrons. The van der Waals surface area contributed by atoms with E-state index in [0.29, 0.717) is 0 Å². The maximum atomic E-state index is 13.0. The summed E-state index contributed by atoms with van der Waals surface area (Å²) in [5, 5.41) is 15.2. The first kappa shape index (κ1) is 14.4. The third-order valence-corrected chi connectivity index (χ3v) is 3.83. The van der Waals surface area contributed by atoms with Gasteiger partial charge >= 0.3 is 6.09 Å². The Hall–Kier alpha value is -2.57. The summed E-state index contributed by atoms with van der Waals surface area (Å²) < 4.78 is 14.8. The van der Waals surface area contributed by atoms with Crippen LogP contribution in [0.3, 0.4) is 0 Å². The van der Waals surface area contributed by atoms with Gasteiger partial charge in [-0.05, 0) is 30.7 Å². The first-order valence-electron chi connectivity index (χ1n) is 7.12. The molecule has 0 radical (unpaired) electrons. The zero-order chi connectivity index (χ0) is 15.5. The number of carboxylic acid groups (broad SMARTS) is 1. The molecule has 7 heteroatoms. The minimum Gasteiger partial charge on any atom is -0.465 e.